The number of nitrogen functional groups attached to an aromatic ring is 1. The molecule has 0 radical (unpaired) electrons. The molecule has 2 N–H and O–H groups in total. The minimum Gasteiger partial charge on any atom is -0.369 e. The van der Waals surface area contributed by atoms with Gasteiger partial charge in [0.1, 0.15) is 0 Å². The van der Waals surface area contributed by atoms with Crippen LogP contribution in [0, 0.1) is 6.92 Å². The summed E-state index contributed by atoms with van der Waals surface area (Å²) in [6.07, 6.45) is 0. The predicted octanol–water partition coefficient (Wildman–Crippen LogP) is 4.04. The van der Waals surface area contributed by atoms with Crippen molar-refractivity contribution in [2.24, 2.45) is 0 Å². The van der Waals surface area contributed by atoms with Gasteiger partial charge in [0.15, 0.2) is 0 Å². The number of fused-ring (bicyclic) bond motifs is 1. The van der Waals surface area contributed by atoms with Crippen molar-refractivity contribution in [2.45, 2.75) is 26.7 Å². The summed E-state index contributed by atoms with van der Waals surface area (Å²) >= 11 is 0. The lowest BCUT2D eigenvalue weighted by molar-refractivity contribution is 0.851. The first kappa shape index (κ1) is 12.7. The SMILES string of the molecule is Cc1ccc2nc(N)n(-c3ccccc3C(C)C)c2c1. The van der Waals surface area contributed by atoms with E-state index in [9.17, 15) is 0 Å². The summed E-state index contributed by atoms with van der Waals surface area (Å²) < 4.78 is 2.05. The second-order valence-corrected chi connectivity index (χ2v) is 5.51. The summed E-state index contributed by atoms with van der Waals surface area (Å²) in [5, 5.41) is 0. The smallest absolute Gasteiger partial charge is 0.205 e. The van der Waals surface area contributed by atoms with Crippen LogP contribution in [-0.2, 0) is 0 Å². The zero-order valence-corrected chi connectivity index (χ0v) is 12.1. The lowest BCUT2D eigenvalue weighted by atomic mass is 10.0. The average molecular weight is 265 g/mol. The zero-order chi connectivity index (χ0) is 14.3. The largest absolute Gasteiger partial charge is 0.369 e. The molecule has 0 saturated carbocycles. The number of nitrogens with two attached hydrogens (primary N) is 1. The highest BCUT2D eigenvalue weighted by Crippen LogP contribution is 2.29. The number of benzene rings is 2. The molecule has 0 saturated heterocycles. The van der Waals surface area contributed by atoms with E-state index in [-0.39, 0.29) is 0 Å². The molecule has 0 atom stereocenters. The fraction of sp³-hybridized carbons (Fsp3) is 0.235. The van der Waals surface area contributed by atoms with Crippen LogP contribution >= 0.6 is 0 Å². The van der Waals surface area contributed by atoms with Gasteiger partial charge in [-0.25, -0.2) is 4.98 Å². The highest BCUT2D eigenvalue weighted by molar-refractivity contribution is 5.82. The Morgan fingerprint density at radius 2 is 1.85 bits per heavy atom. The van der Waals surface area contributed by atoms with Gasteiger partial charge in [-0.1, -0.05) is 38.1 Å². The number of hydrogen-bond donors (Lipinski definition) is 1. The fourth-order valence-electron chi connectivity index (χ4n) is 2.64. The van der Waals surface area contributed by atoms with Gasteiger partial charge >= 0.3 is 0 Å². The van der Waals surface area contributed by atoms with Crippen molar-refractivity contribution >= 4 is 17.0 Å². The minimum absolute atomic E-state index is 0.438. The van der Waals surface area contributed by atoms with Crippen molar-refractivity contribution in [3.8, 4) is 5.69 Å². The Labute approximate surface area is 119 Å². The van der Waals surface area contributed by atoms with Gasteiger partial charge in [0.25, 0.3) is 0 Å². The van der Waals surface area contributed by atoms with E-state index >= 15 is 0 Å². The fourth-order valence-corrected chi connectivity index (χ4v) is 2.64. The maximum absolute atomic E-state index is 6.16. The molecule has 3 aromatic rings. The lowest BCUT2D eigenvalue weighted by Crippen LogP contribution is -2.05. The van der Waals surface area contributed by atoms with E-state index in [1.807, 2.05) is 12.1 Å². The number of rotatable bonds is 2. The first-order valence-electron chi connectivity index (χ1n) is 6.92. The zero-order valence-electron chi connectivity index (χ0n) is 12.1. The van der Waals surface area contributed by atoms with Crippen LogP contribution in [0.2, 0.25) is 0 Å². The van der Waals surface area contributed by atoms with Gasteiger partial charge in [-0.15, -0.1) is 0 Å². The molecule has 0 aliphatic carbocycles. The van der Waals surface area contributed by atoms with Crippen LogP contribution < -0.4 is 5.73 Å². The molecule has 0 bridgehead atoms. The molecule has 1 aromatic heterocycles. The van der Waals surface area contributed by atoms with Crippen molar-refractivity contribution in [2.75, 3.05) is 5.73 Å². The van der Waals surface area contributed by atoms with E-state index in [1.54, 1.807) is 0 Å². The third-order valence-electron chi connectivity index (χ3n) is 3.64. The summed E-state index contributed by atoms with van der Waals surface area (Å²) in [5.41, 5.74) is 11.8. The number of aromatic nitrogens is 2. The van der Waals surface area contributed by atoms with Crippen LogP contribution in [0.1, 0.15) is 30.9 Å². The van der Waals surface area contributed by atoms with Crippen LogP contribution in [-0.4, -0.2) is 9.55 Å². The molecular weight excluding hydrogens is 246 g/mol. The molecule has 3 heteroatoms. The Bertz CT molecular complexity index is 769. The normalized spacial score (nSPS) is 11.4. The number of para-hydroxylation sites is 1. The summed E-state index contributed by atoms with van der Waals surface area (Å²) in [6, 6.07) is 14.6. The molecule has 3 nitrogen and oxygen atoms in total. The Morgan fingerprint density at radius 1 is 1.10 bits per heavy atom. The van der Waals surface area contributed by atoms with Gasteiger partial charge in [-0.3, -0.25) is 4.57 Å². The Morgan fingerprint density at radius 3 is 2.60 bits per heavy atom. The van der Waals surface area contributed by atoms with Crippen molar-refractivity contribution < 1.29 is 0 Å². The van der Waals surface area contributed by atoms with E-state index in [0.717, 1.165) is 16.7 Å². The third kappa shape index (κ3) is 1.95. The van der Waals surface area contributed by atoms with E-state index in [1.165, 1.54) is 11.1 Å². The molecule has 20 heavy (non-hydrogen) atoms. The van der Waals surface area contributed by atoms with Gasteiger partial charge < -0.3 is 5.73 Å². The van der Waals surface area contributed by atoms with E-state index < -0.39 is 0 Å². The van der Waals surface area contributed by atoms with E-state index in [2.05, 4.69) is 60.7 Å². The lowest BCUT2D eigenvalue weighted by Gasteiger charge is -2.15. The Kier molecular flexibility index (Phi) is 2.97. The average Bonchev–Trinajstić information content (AvgIpc) is 2.74. The second kappa shape index (κ2) is 4.67. The molecule has 0 fully saturated rings. The molecule has 102 valence electrons. The van der Waals surface area contributed by atoms with E-state index in [0.29, 0.717) is 11.9 Å². The van der Waals surface area contributed by atoms with Gasteiger partial charge in [0.2, 0.25) is 5.95 Å². The van der Waals surface area contributed by atoms with Crippen molar-refractivity contribution in [1.29, 1.82) is 0 Å². The summed E-state index contributed by atoms with van der Waals surface area (Å²) in [6.45, 7) is 6.47. The molecule has 3 rings (SSSR count). The molecule has 0 amide bonds. The highest BCUT2D eigenvalue weighted by Gasteiger charge is 2.14. The number of nitrogens with zero attached hydrogens (tertiary/aromatic N) is 2. The van der Waals surface area contributed by atoms with Crippen LogP contribution in [0.25, 0.3) is 16.7 Å². The first-order chi connectivity index (χ1) is 9.58. The second-order valence-electron chi connectivity index (χ2n) is 5.51. The topological polar surface area (TPSA) is 43.8 Å². The number of imidazole rings is 1. The summed E-state index contributed by atoms with van der Waals surface area (Å²) in [4.78, 5) is 4.47. The standard InChI is InChI=1S/C17H19N3/c1-11(2)13-6-4-5-7-15(13)20-16-10-12(3)8-9-14(16)19-17(20)18/h4-11H,1-3H3,(H2,18,19). The minimum atomic E-state index is 0.438. The predicted molar refractivity (Wildman–Crippen MR) is 84.3 cm³/mol. The van der Waals surface area contributed by atoms with E-state index in [4.69, 9.17) is 5.73 Å². The molecule has 0 spiro atoms. The maximum Gasteiger partial charge on any atom is 0.205 e. The number of aryl methyl sites for hydroxylation is 1. The quantitative estimate of drug-likeness (QED) is 0.760. The molecule has 0 unspecified atom stereocenters. The Hall–Kier alpha value is -2.29. The number of anilines is 1. The summed E-state index contributed by atoms with van der Waals surface area (Å²) in [5.74, 6) is 0.978. The highest BCUT2D eigenvalue weighted by atomic mass is 15.2. The van der Waals surface area contributed by atoms with Gasteiger partial charge in [-0.2, -0.15) is 0 Å². The van der Waals surface area contributed by atoms with Crippen LogP contribution in [0.3, 0.4) is 0 Å². The molecule has 0 aliphatic rings. The van der Waals surface area contributed by atoms with Crippen molar-refractivity contribution in [1.82, 2.24) is 9.55 Å². The monoisotopic (exact) mass is 265 g/mol. The molecule has 1 heterocycles. The van der Waals surface area contributed by atoms with Crippen molar-refractivity contribution in [3.63, 3.8) is 0 Å². The van der Waals surface area contributed by atoms with Crippen LogP contribution in [0.5, 0.6) is 0 Å². The van der Waals surface area contributed by atoms with Crippen LogP contribution in [0.15, 0.2) is 42.5 Å². The molecular formula is C17H19N3. The van der Waals surface area contributed by atoms with Gasteiger partial charge in [0.05, 0.1) is 16.7 Å². The van der Waals surface area contributed by atoms with Crippen LogP contribution in [0.4, 0.5) is 5.95 Å². The summed E-state index contributed by atoms with van der Waals surface area (Å²) in [7, 11) is 0. The van der Waals surface area contributed by atoms with Gasteiger partial charge in [-0.05, 0) is 42.2 Å². The maximum atomic E-state index is 6.16. The molecule has 2 aromatic carbocycles. The van der Waals surface area contributed by atoms with Gasteiger partial charge in [0, 0.05) is 0 Å². The molecule has 0 aliphatic heterocycles. The number of hydrogen-bond acceptors (Lipinski definition) is 2. The first-order valence-corrected chi connectivity index (χ1v) is 6.92. The Balaban J connectivity index is 2.35. The van der Waals surface area contributed by atoms with Crippen molar-refractivity contribution in [3.05, 3.63) is 53.6 Å². The third-order valence-corrected chi connectivity index (χ3v) is 3.64.